The van der Waals surface area contributed by atoms with Crippen LogP contribution < -0.4 is 5.32 Å². The number of nitrogens with one attached hydrogen (secondary N) is 1. The van der Waals surface area contributed by atoms with Gasteiger partial charge in [-0.3, -0.25) is 0 Å². The van der Waals surface area contributed by atoms with Crippen LogP contribution in [0.3, 0.4) is 0 Å². The summed E-state index contributed by atoms with van der Waals surface area (Å²) >= 11 is 12.1. The van der Waals surface area contributed by atoms with E-state index in [9.17, 15) is 0 Å². The quantitative estimate of drug-likeness (QED) is 0.701. The molecule has 1 nitrogen and oxygen atoms in total. The zero-order valence-electron chi connectivity index (χ0n) is 11.5. The van der Waals surface area contributed by atoms with E-state index in [1.807, 2.05) is 12.1 Å². The van der Waals surface area contributed by atoms with Gasteiger partial charge in [0, 0.05) is 6.04 Å². The fourth-order valence-corrected chi connectivity index (χ4v) is 2.63. The van der Waals surface area contributed by atoms with Crippen LogP contribution in [-0.4, -0.2) is 6.54 Å². The maximum atomic E-state index is 6.10. The number of hydrogen-bond donors (Lipinski definition) is 1. The molecule has 0 amide bonds. The molecule has 0 aliphatic carbocycles. The van der Waals surface area contributed by atoms with Gasteiger partial charge < -0.3 is 5.32 Å². The van der Waals surface area contributed by atoms with Crippen molar-refractivity contribution in [2.45, 2.75) is 46.1 Å². The van der Waals surface area contributed by atoms with Crippen molar-refractivity contribution in [3.05, 3.63) is 33.8 Å². The third-order valence-corrected chi connectivity index (χ3v) is 3.96. The number of halogens is 2. The molecule has 0 saturated heterocycles. The molecule has 0 aliphatic heterocycles. The average Bonchev–Trinajstić information content (AvgIpc) is 2.32. The minimum absolute atomic E-state index is 0.367. The van der Waals surface area contributed by atoms with Gasteiger partial charge >= 0.3 is 0 Å². The number of rotatable bonds is 7. The molecule has 0 aromatic heterocycles. The summed E-state index contributed by atoms with van der Waals surface area (Å²) in [4.78, 5) is 0. The highest BCUT2D eigenvalue weighted by molar-refractivity contribution is 6.42. The molecule has 0 heterocycles. The summed E-state index contributed by atoms with van der Waals surface area (Å²) in [6.45, 7) is 7.64. The van der Waals surface area contributed by atoms with Gasteiger partial charge in [-0.2, -0.15) is 0 Å². The zero-order valence-corrected chi connectivity index (χ0v) is 13.0. The second kappa shape index (κ2) is 8.04. The highest BCUT2D eigenvalue weighted by Gasteiger charge is 2.15. The van der Waals surface area contributed by atoms with Gasteiger partial charge in [0.15, 0.2) is 0 Å². The van der Waals surface area contributed by atoms with Gasteiger partial charge in [-0.25, -0.2) is 0 Å². The third kappa shape index (κ3) is 4.79. The van der Waals surface area contributed by atoms with E-state index in [4.69, 9.17) is 23.2 Å². The summed E-state index contributed by atoms with van der Waals surface area (Å²) in [5, 5.41) is 4.79. The Bertz CT molecular complexity index is 366. The van der Waals surface area contributed by atoms with Crippen molar-refractivity contribution < 1.29 is 0 Å². The molecule has 0 bridgehead atoms. The SMILES string of the molecule is CCCC(C)CC(NCC)c1ccc(Cl)c(Cl)c1. The van der Waals surface area contributed by atoms with Crippen molar-refractivity contribution in [3.8, 4) is 0 Å². The monoisotopic (exact) mass is 287 g/mol. The van der Waals surface area contributed by atoms with E-state index >= 15 is 0 Å². The van der Waals surface area contributed by atoms with E-state index in [1.54, 1.807) is 0 Å². The molecule has 0 saturated carbocycles. The van der Waals surface area contributed by atoms with E-state index in [1.165, 1.54) is 18.4 Å². The number of hydrogen-bond acceptors (Lipinski definition) is 1. The van der Waals surface area contributed by atoms with Crippen molar-refractivity contribution in [3.63, 3.8) is 0 Å². The molecule has 1 aromatic rings. The van der Waals surface area contributed by atoms with Gasteiger partial charge in [0.05, 0.1) is 10.0 Å². The molecule has 2 unspecified atom stereocenters. The molecule has 0 spiro atoms. The molecule has 1 N–H and O–H groups in total. The minimum atomic E-state index is 0.367. The molecule has 0 radical (unpaired) electrons. The Morgan fingerprint density at radius 2 is 1.89 bits per heavy atom. The Hall–Kier alpha value is -0.240. The van der Waals surface area contributed by atoms with Gasteiger partial charge in [-0.05, 0) is 36.6 Å². The maximum absolute atomic E-state index is 6.10. The molecule has 18 heavy (non-hydrogen) atoms. The highest BCUT2D eigenvalue weighted by atomic mass is 35.5. The summed E-state index contributed by atoms with van der Waals surface area (Å²) in [7, 11) is 0. The van der Waals surface area contributed by atoms with Crippen LogP contribution in [0.5, 0.6) is 0 Å². The fourth-order valence-electron chi connectivity index (χ4n) is 2.33. The van der Waals surface area contributed by atoms with Crippen molar-refractivity contribution in [2.75, 3.05) is 6.54 Å². The predicted octanol–water partition coefficient (Wildman–Crippen LogP) is 5.47. The lowest BCUT2D eigenvalue weighted by atomic mass is 9.93. The van der Waals surface area contributed by atoms with E-state index in [2.05, 4.69) is 32.2 Å². The van der Waals surface area contributed by atoms with Gasteiger partial charge in [-0.15, -0.1) is 0 Å². The molecular weight excluding hydrogens is 265 g/mol. The molecule has 1 rings (SSSR count). The lowest BCUT2D eigenvalue weighted by Crippen LogP contribution is -2.23. The van der Waals surface area contributed by atoms with Crippen LogP contribution in [0.1, 0.15) is 51.6 Å². The van der Waals surface area contributed by atoms with Crippen LogP contribution in [0, 0.1) is 5.92 Å². The molecular formula is C15H23Cl2N. The Labute approximate surface area is 121 Å². The smallest absolute Gasteiger partial charge is 0.0595 e. The molecule has 1 aromatic carbocycles. The van der Waals surface area contributed by atoms with E-state index in [-0.39, 0.29) is 0 Å². The molecule has 102 valence electrons. The van der Waals surface area contributed by atoms with Crippen LogP contribution in [-0.2, 0) is 0 Å². The lowest BCUT2D eigenvalue weighted by molar-refractivity contribution is 0.395. The van der Waals surface area contributed by atoms with Crippen molar-refractivity contribution >= 4 is 23.2 Å². The van der Waals surface area contributed by atoms with Crippen molar-refractivity contribution in [1.82, 2.24) is 5.32 Å². The molecule has 0 fully saturated rings. The van der Waals surface area contributed by atoms with Gasteiger partial charge in [-0.1, -0.05) is 62.9 Å². The van der Waals surface area contributed by atoms with Crippen LogP contribution >= 0.6 is 23.2 Å². The standard InChI is InChI=1S/C15H23Cl2N/c1-4-6-11(3)9-15(18-5-2)12-7-8-13(16)14(17)10-12/h7-8,10-11,15,18H,4-6,9H2,1-3H3. The van der Waals surface area contributed by atoms with E-state index in [0.717, 1.165) is 13.0 Å². The predicted molar refractivity (Wildman–Crippen MR) is 81.6 cm³/mol. The Morgan fingerprint density at radius 3 is 2.44 bits per heavy atom. The first-order chi connectivity index (χ1) is 8.58. The molecule has 0 aliphatic rings. The molecule has 2 atom stereocenters. The summed E-state index contributed by atoms with van der Waals surface area (Å²) in [5.74, 6) is 0.716. The second-order valence-electron chi connectivity index (χ2n) is 4.91. The van der Waals surface area contributed by atoms with E-state index in [0.29, 0.717) is 22.0 Å². The average molecular weight is 288 g/mol. The van der Waals surface area contributed by atoms with Crippen molar-refractivity contribution in [2.24, 2.45) is 5.92 Å². The highest BCUT2D eigenvalue weighted by Crippen LogP contribution is 2.29. The zero-order chi connectivity index (χ0) is 13.5. The van der Waals surface area contributed by atoms with Gasteiger partial charge in [0.1, 0.15) is 0 Å². The second-order valence-corrected chi connectivity index (χ2v) is 5.73. The molecule has 3 heteroatoms. The fraction of sp³-hybridized carbons (Fsp3) is 0.600. The van der Waals surface area contributed by atoms with Crippen LogP contribution in [0.15, 0.2) is 18.2 Å². The van der Waals surface area contributed by atoms with Crippen molar-refractivity contribution in [1.29, 1.82) is 0 Å². The van der Waals surface area contributed by atoms with Crippen LogP contribution in [0.2, 0.25) is 10.0 Å². The summed E-state index contributed by atoms with van der Waals surface area (Å²) in [6, 6.07) is 6.30. The first kappa shape index (κ1) is 15.8. The topological polar surface area (TPSA) is 12.0 Å². The Morgan fingerprint density at radius 1 is 1.17 bits per heavy atom. The summed E-state index contributed by atoms with van der Waals surface area (Å²) in [5.41, 5.74) is 1.23. The lowest BCUT2D eigenvalue weighted by Gasteiger charge is -2.22. The first-order valence-electron chi connectivity index (χ1n) is 6.76. The Balaban J connectivity index is 2.79. The minimum Gasteiger partial charge on any atom is -0.310 e. The van der Waals surface area contributed by atoms with E-state index < -0.39 is 0 Å². The summed E-state index contributed by atoms with van der Waals surface area (Å²) < 4.78 is 0. The maximum Gasteiger partial charge on any atom is 0.0595 e. The normalized spacial score (nSPS) is 14.5. The van der Waals surface area contributed by atoms with Gasteiger partial charge in [0.25, 0.3) is 0 Å². The van der Waals surface area contributed by atoms with Gasteiger partial charge in [0.2, 0.25) is 0 Å². The Kier molecular flexibility index (Phi) is 7.06. The van der Waals surface area contributed by atoms with Crippen LogP contribution in [0.25, 0.3) is 0 Å². The first-order valence-corrected chi connectivity index (χ1v) is 7.52. The largest absolute Gasteiger partial charge is 0.310 e. The third-order valence-electron chi connectivity index (χ3n) is 3.22. The number of benzene rings is 1. The van der Waals surface area contributed by atoms with Crippen LogP contribution in [0.4, 0.5) is 0 Å². The summed E-state index contributed by atoms with van der Waals surface area (Å²) in [6.07, 6.45) is 3.64.